The molecule has 2 fully saturated rings. The van der Waals surface area contributed by atoms with Crippen LogP contribution in [0.1, 0.15) is 63.3 Å². The van der Waals surface area contributed by atoms with Gasteiger partial charge >= 0.3 is 6.18 Å². The molecule has 32 heavy (non-hydrogen) atoms. The van der Waals surface area contributed by atoms with E-state index in [1.165, 1.54) is 6.20 Å². The molecule has 2 aromatic rings. The zero-order valence-electron chi connectivity index (χ0n) is 18.6. The number of alkyl halides is 3. The number of hydrogen-bond acceptors (Lipinski definition) is 5. The number of rotatable bonds is 5. The highest BCUT2D eigenvalue weighted by molar-refractivity contribution is 5.62. The summed E-state index contributed by atoms with van der Waals surface area (Å²) in [5.41, 5.74) is 6.42. The number of likely N-dealkylation sites (tertiary alicyclic amines) is 1. The molecule has 1 unspecified atom stereocenters. The fourth-order valence-corrected chi connectivity index (χ4v) is 5.31. The Balaban J connectivity index is 1.58. The van der Waals surface area contributed by atoms with Crippen molar-refractivity contribution in [2.24, 2.45) is 11.8 Å². The highest BCUT2D eigenvalue weighted by Crippen LogP contribution is 2.47. The Kier molecular flexibility index (Phi) is 5.93. The van der Waals surface area contributed by atoms with Crippen LogP contribution in [0.3, 0.4) is 0 Å². The highest BCUT2D eigenvalue weighted by Gasteiger charge is 2.43. The third-order valence-electron chi connectivity index (χ3n) is 6.98. The predicted octanol–water partition coefficient (Wildman–Crippen LogP) is 4.85. The van der Waals surface area contributed by atoms with Crippen LogP contribution >= 0.6 is 0 Å². The van der Waals surface area contributed by atoms with E-state index in [1.54, 1.807) is 0 Å². The first-order valence-corrected chi connectivity index (χ1v) is 11.1. The largest absolute Gasteiger partial charge is 0.419 e. The molecular weight excluding hydrogens is 417 g/mol. The number of nitrogens with zero attached hydrogens (tertiary/aromatic N) is 5. The van der Waals surface area contributed by atoms with Crippen LogP contribution in [-0.4, -0.2) is 38.8 Å². The normalized spacial score (nSPS) is 24.6. The maximum atomic E-state index is 13.3. The fraction of sp³-hybridized carbons (Fsp3) is 0.609. The van der Waals surface area contributed by atoms with E-state index in [0.29, 0.717) is 35.4 Å². The molecule has 0 aromatic carbocycles. The number of nitrogen functional groups attached to an aromatic ring is 1. The second-order valence-electron chi connectivity index (χ2n) is 9.50. The molecule has 4 atom stereocenters. The lowest BCUT2D eigenvalue weighted by Crippen LogP contribution is -2.31. The van der Waals surface area contributed by atoms with Gasteiger partial charge < -0.3 is 5.73 Å². The van der Waals surface area contributed by atoms with Gasteiger partial charge in [0.05, 0.1) is 23.7 Å². The number of hydrogen-bond donors (Lipinski definition) is 1. The second kappa shape index (κ2) is 8.39. The maximum Gasteiger partial charge on any atom is 0.419 e. The quantitative estimate of drug-likeness (QED) is 0.710. The van der Waals surface area contributed by atoms with E-state index in [-0.39, 0.29) is 12.1 Å². The molecule has 0 spiro atoms. The van der Waals surface area contributed by atoms with Crippen molar-refractivity contribution < 1.29 is 13.2 Å². The molecule has 1 aliphatic carbocycles. The van der Waals surface area contributed by atoms with Gasteiger partial charge in [-0.05, 0) is 57.6 Å². The smallest absolute Gasteiger partial charge is 0.383 e. The molecule has 2 aliphatic rings. The molecule has 1 aliphatic heterocycles. The van der Waals surface area contributed by atoms with E-state index in [9.17, 15) is 13.2 Å². The van der Waals surface area contributed by atoms with Crippen molar-refractivity contribution in [1.82, 2.24) is 19.7 Å². The molecule has 3 heterocycles. The number of nitriles is 1. The van der Waals surface area contributed by atoms with Crippen LogP contribution in [0, 0.1) is 23.2 Å². The Labute approximate surface area is 186 Å². The Morgan fingerprint density at radius 1 is 1.19 bits per heavy atom. The Morgan fingerprint density at radius 3 is 2.41 bits per heavy atom. The van der Waals surface area contributed by atoms with Crippen molar-refractivity contribution in [2.45, 2.75) is 64.2 Å². The highest BCUT2D eigenvalue weighted by atomic mass is 19.4. The predicted molar refractivity (Wildman–Crippen MR) is 115 cm³/mol. The summed E-state index contributed by atoms with van der Waals surface area (Å²) in [6.45, 7) is 8.18. The molecule has 0 radical (unpaired) electrons. The lowest BCUT2D eigenvalue weighted by Gasteiger charge is -2.24. The Hall–Kier alpha value is -2.60. The standard InChI is InChI=1S/C23H29F3N6/c1-13(2)32-21(15-6-17-11-31(12-18(17)7-15)14(3)4-5-27)9-20(30-32)16-8-19(23(24,25)26)22(28)29-10-16/h8-10,13-15,17-18H,4,6-7,11-12H2,1-3H3,(H2,28,29)/t14?,15-,17+,18-. The van der Waals surface area contributed by atoms with E-state index < -0.39 is 17.6 Å². The summed E-state index contributed by atoms with van der Waals surface area (Å²) >= 11 is 0. The van der Waals surface area contributed by atoms with Gasteiger partial charge in [0.2, 0.25) is 0 Å². The number of aromatic nitrogens is 3. The molecule has 1 saturated heterocycles. The van der Waals surface area contributed by atoms with Crippen molar-refractivity contribution in [3.05, 3.63) is 29.6 Å². The zero-order valence-corrected chi connectivity index (χ0v) is 18.6. The minimum atomic E-state index is -4.56. The van der Waals surface area contributed by atoms with Gasteiger partial charge in [0.15, 0.2) is 0 Å². The summed E-state index contributed by atoms with van der Waals surface area (Å²) in [4.78, 5) is 6.19. The van der Waals surface area contributed by atoms with Gasteiger partial charge in [-0.1, -0.05) is 0 Å². The first-order valence-electron chi connectivity index (χ1n) is 11.1. The number of halogens is 3. The maximum absolute atomic E-state index is 13.3. The fourth-order valence-electron chi connectivity index (χ4n) is 5.31. The average molecular weight is 447 g/mol. The van der Waals surface area contributed by atoms with Gasteiger partial charge in [-0.15, -0.1) is 0 Å². The summed E-state index contributed by atoms with van der Waals surface area (Å²) in [6, 6.07) is 5.60. The SMILES string of the molecule is CC(CC#N)N1C[C@H]2C[C@H](c3cc(-c4cnc(N)c(C(F)(F)F)c4)nn3C(C)C)C[C@H]2C1. The third kappa shape index (κ3) is 4.20. The number of anilines is 1. The molecule has 6 nitrogen and oxygen atoms in total. The van der Waals surface area contributed by atoms with Crippen LogP contribution in [0.4, 0.5) is 19.0 Å². The van der Waals surface area contributed by atoms with E-state index >= 15 is 0 Å². The lowest BCUT2D eigenvalue weighted by atomic mass is 9.99. The lowest BCUT2D eigenvalue weighted by molar-refractivity contribution is -0.137. The molecule has 9 heteroatoms. The van der Waals surface area contributed by atoms with Gasteiger partial charge in [-0.2, -0.15) is 23.5 Å². The molecule has 172 valence electrons. The first-order chi connectivity index (χ1) is 15.1. The molecule has 4 rings (SSSR count). The summed E-state index contributed by atoms with van der Waals surface area (Å²) in [7, 11) is 0. The summed E-state index contributed by atoms with van der Waals surface area (Å²) < 4.78 is 41.9. The van der Waals surface area contributed by atoms with Gasteiger partial charge in [-0.3, -0.25) is 9.58 Å². The monoisotopic (exact) mass is 446 g/mol. The van der Waals surface area contributed by atoms with Crippen molar-refractivity contribution in [2.75, 3.05) is 18.8 Å². The van der Waals surface area contributed by atoms with Gasteiger partial charge in [0.25, 0.3) is 0 Å². The topological polar surface area (TPSA) is 83.8 Å². The van der Waals surface area contributed by atoms with Crippen molar-refractivity contribution in [3.8, 4) is 17.3 Å². The summed E-state index contributed by atoms with van der Waals surface area (Å²) in [6.07, 6.45) is -0.590. The molecule has 2 aromatic heterocycles. The van der Waals surface area contributed by atoms with Gasteiger partial charge in [-0.25, -0.2) is 4.98 Å². The van der Waals surface area contributed by atoms with E-state index in [1.807, 2.05) is 24.6 Å². The number of fused-ring (bicyclic) bond motifs is 1. The van der Waals surface area contributed by atoms with Crippen molar-refractivity contribution in [3.63, 3.8) is 0 Å². The number of pyridine rings is 1. The second-order valence-corrected chi connectivity index (χ2v) is 9.50. The molecular formula is C23H29F3N6. The first kappa shape index (κ1) is 22.6. The van der Waals surface area contributed by atoms with Crippen LogP contribution in [0.15, 0.2) is 18.3 Å². The van der Waals surface area contributed by atoms with E-state index in [4.69, 9.17) is 11.0 Å². The third-order valence-corrected chi connectivity index (χ3v) is 6.98. The molecule has 0 amide bonds. The van der Waals surface area contributed by atoms with Gasteiger partial charge in [0.1, 0.15) is 5.82 Å². The van der Waals surface area contributed by atoms with Crippen LogP contribution < -0.4 is 5.73 Å². The van der Waals surface area contributed by atoms with Crippen LogP contribution in [0.25, 0.3) is 11.3 Å². The summed E-state index contributed by atoms with van der Waals surface area (Å²) in [5, 5.41) is 13.6. The Morgan fingerprint density at radius 2 is 1.84 bits per heavy atom. The minimum Gasteiger partial charge on any atom is -0.383 e. The van der Waals surface area contributed by atoms with Crippen molar-refractivity contribution in [1.29, 1.82) is 5.26 Å². The average Bonchev–Trinajstić information content (AvgIpc) is 3.40. The molecule has 2 N–H and O–H groups in total. The van der Waals surface area contributed by atoms with Gasteiger partial charge in [0, 0.05) is 48.5 Å². The molecule has 0 bridgehead atoms. The van der Waals surface area contributed by atoms with Crippen LogP contribution in [0.2, 0.25) is 0 Å². The minimum absolute atomic E-state index is 0.0927. The van der Waals surface area contributed by atoms with E-state index in [2.05, 4.69) is 28.0 Å². The van der Waals surface area contributed by atoms with Crippen molar-refractivity contribution >= 4 is 5.82 Å². The van der Waals surface area contributed by atoms with E-state index in [0.717, 1.165) is 37.7 Å². The zero-order chi connectivity index (χ0) is 23.2. The Bertz CT molecular complexity index is 1010. The molecule has 1 saturated carbocycles. The van der Waals surface area contributed by atoms with Crippen LogP contribution in [0.5, 0.6) is 0 Å². The number of nitrogens with two attached hydrogens (primary N) is 1. The van der Waals surface area contributed by atoms with Crippen LogP contribution in [-0.2, 0) is 6.18 Å². The summed E-state index contributed by atoms with van der Waals surface area (Å²) in [5.74, 6) is 0.958.